The number of ether oxygens (including phenoxy) is 1. The molecule has 1 aromatic heterocycles. The van der Waals surface area contributed by atoms with Crippen LogP contribution in [0.3, 0.4) is 0 Å². The molecule has 2 aromatic carbocycles. The number of methoxy groups -OCH3 is 1. The average Bonchev–Trinajstić information content (AvgIpc) is 2.81. The maximum atomic E-state index is 11.7. The maximum absolute atomic E-state index is 11.7. The lowest BCUT2D eigenvalue weighted by Crippen LogP contribution is -2.29. The number of aromatic nitrogens is 1. The van der Waals surface area contributed by atoms with Crippen molar-refractivity contribution in [3.63, 3.8) is 0 Å². The predicted octanol–water partition coefficient (Wildman–Crippen LogP) is 4.17. The molecule has 0 atom stereocenters. The fourth-order valence-electron chi connectivity index (χ4n) is 3.17. The number of hydrogen-bond acceptors (Lipinski definition) is 7. The summed E-state index contributed by atoms with van der Waals surface area (Å²) >= 11 is 0. The minimum atomic E-state index is -0.501. The van der Waals surface area contributed by atoms with E-state index in [1.54, 1.807) is 0 Å². The summed E-state index contributed by atoms with van der Waals surface area (Å²) in [5, 5.41) is 11.7. The Morgan fingerprint density at radius 1 is 1.00 bits per heavy atom. The van der Waals surface area contributed by atoms with E-state index in [2.05, 4.69) is 9.88 Å². The quantitative estimate of drug-likeness (QED) is 0.286. The molecule has 0 spiro atoms. The van der Waals surface area contributed by atoms with Crippen molar-refractivity contribution < 1.29 is 9.66 Å². The lowest BCUT2D eigenvalue weighted by Gasteiger charge is -2.22. The van der Waals surface area contributed by atoms with Gasteiger partial charge in [-0.2, -0.15) is 4.98 Å². The van der Waals surface area contributed by atoms with Gasteiger partial charge in [-0.1, -0.05) is 60.7 Å². The smallest absolute Gasteiger partial charge is 0.333 e. The number of pyridine rings is 1. The number of anilines is 1. The van der Waals surface area contributed by atoms with Crippen LogP contribution in [-0.2, 0) is 0 Å². The molecule has 32 heavy (non-hydrogen) atoms. The van der Waals surface area contributed by atoms with E-state index in [1.165, 1.54) is 13.2 Å². The number of nitro groups is 1. The normalized spacial score (nSPS) is 10.7. The first-order valence-electron chi connectivity index (χ1n) is 10.2. The van der Waals surface area contributed by atoms with Gasteiger partial charge in [0.15, 0.2) is 5.82 Å². The molecule has 166 valence electrons. The standard InChI is InChI=1S/C24H27N5O3/c1-27(2)15-16-28(3)23-20(17-21(29(30)31)24(26-23)32-4)25-22(18-11-7-5-8-12-18)19-13-9-6-10-14-19/h5-14,17H,15-16H2,1-4H3. The molecule has 0 radical (unpaired) electrons. The Balaban J connectivity index is 2.22. The van der Waals surface area contributed by atoms with Gasteiger partial charge in [0, 0.05) is 31.3 Å². The predicted molar refractivity (Wildman–Crippen MR) is 127 cm³/mol. The van der Waals surface area contributed by atoms with Crippen molar-refractivity contribution in [2.24, 2.45) is 4.99 Å². The van der Waals surface area contributed by atoms with Crippen LogP contribution in [0.1, 0.15) is 11.1 Å². The van der Waals surface area contributed by atoms with E-state index in [4.69, 9.17) is 9.73 Å². The molecular weight excluding hydrogens is 406 g/mol. The topological polar surface area (TPSA) is 84.1 Å². The Kier molecular flexibility index (Phi) is 7.51. The summed E-state index contributed by atoms with van der Waals surface area (Å²) in [6.45, 7) is 1.44. The van der Waals surface area contributed by atoms with Crippen molar-refractivity contribution in [3.05, 3.63) is 88.0 Å². The van der Waals surface area contributed by atoms with Crippen LogP contribution in [0.25, 0.3) is 0 Å². The Morgan fingerprint density at radius 2 is 1.56 bits per heavy atom. The molecule has 0 unspecified atom stereocenters. The van der Waals surface area contributed by atoms with E-state index in [9.17, 15) is 10.1 Å². The van der Waals surface area contributed by atoms with Gasteiger partial charge in [-0.3, -0.25) is 10.1 Å². The number of benzene rings is 2. The van der Waals surface area contributed by atoms with E-state index in [0.717, 1.165) is 17.7 Å². The summed E-state index contributed by atoms with van der Waals surface area (Å²) < 4.78 is 5.21. The summed E-state index contributed by atoms with van der Waals surface area (Å²) in [6, 6.07) is 20.9. The van der Waals surface area contributed by atoms with Crippen molar-refractivity contribution in [2.75, 3.05) is 46.2 Å². The minimum absolute atomic E-state index is 0.0402. The van der Waals surface area contributed by atoms with Gasteiger partial charge >= 0.3 is 5.69 Å². The highest BCUT2D eigenvalue weighted by Gasteiger charge is 2.23. The van der Waals surface area contributed by atoms with Crippen molar-refractivity contribution in [2.45, 2.75) is 0 Å². The third-order valence-electron chi connectivity index (χ3n) is 4.89. The zero-order valence-electron chi connectivity index (χ0n) is 18.7. The second-order valence-corrected chi connectivity index (χ2v) is 7.53. The van der Waals surface area contributed by atoms with Gasteiger partial charge in [0.1, 0.15) is 5.69 Å². The number of nitrogens with zero attached hydrogens (tertiary/aromatic N) is 5. The van der Waals surface area contributed by atoms with Crippen LogP contribution in [0.15, 0.2) is 71.7 Å². The van der Waals surface area contributed by atoms with Crippen LogP contribution in [0.4, 0.5) is 17.2 Å². The molecule has 1 heterocycles. The summed E-state index contributed by atoms with van der Waals surface area (Å²) in [5.74, 6) is 0.472. The first kappa shape index (κ1) is 22.9. The number of likely N-dealkylation sites (N-methyl/N-ethyl adjacent to an activating group) is 2. The Morgan fingerprint density at radius 3 is 2.03 bits per heavy atom. The molecular formula is C24H27N5O3. The fourth-order valence-corrected chi connectivity index (χ4v) is 3.17. The molecule has 0 saturated heterocycles. The van der Waals surface area contributed by atoms with Gasteiger partial charge in [0.25, 0.3) is 5.88 Å². The lowest BCUT2D eigenvalue weighted by atomic mass is 10.0. The first-order chi connectivity index (χ1) is 15.4. The fraction of sp³-hybridized carbons (Fsp3) is 0.250. The molecule has 8 nitrogen and oxygen atoms in total. The third-order valence-corrected chi connectivity index (χ3v) is 4.89. The van der Waals surface area contributed by atoms with Crippen LogP contribution < -0.4 is 9.64 Å². The molecule has 0 amide bonds. The van der Waals surface area contributed by atoms with Gasteiger partial charge < -0.3 is 14.5 Å². The summed E-state index contributed by atoms with van der Waals surface area (Å²) in [6.07, 6.45) is 0. The van der Waals surface area contributed by atoms with E-state index < -0.39 is 4.92 Å². The zero-order valence-corrected chi connectivity index (χ0v) is 18.7. The van der Waals surface area contributed by atoms with Crippen LogP contribution >= 0.6 is 0 Å². The molecule has 8 heteroatoms. The SMILES string of the molecule is COc1nc(N(C)CCN(C)C)c(N=C(c2ccccc2)c2ccccc2)cc1[N+](=O)[O-]. The molecule has 0 fully saturated rings. The molecule has 3 rings (SSSR count). The van der Waals surface area contributed by atoms with Crippen LogP contribution in [0.2, 0.25) is 0 Å². The largest absolute Gasteiger partial charge is 0.476 e. The summed E-state index contributed by atoms with van der Waals surface area (Å²) in [4.78, 5) is 24.5. The van der Waals surface area contributed by atoms with Crippen molar-refractivity contribution in [1.82, 2.24) is 9.88 Å². The highest BCUT2D eigenvalue weighted by molar-refractivity contribution is 6.14. The van der Waals surface area contributed by atoms with Crippen LogP contribution in [0, 0.1) is 10.1 Å². The Labute approximate surface area is 188 Å². The highest BCUT2D eigenvalue weighted by Crippen LogP contribution is 2.37. The van der Waals surface area contributed by atoms with Crippen molar-refractivity contribution in [3.8, 4) is 5.88 Å². The second kappa shape index (κ2) is 10.5. The monoisotopic (exact) mass is 433 g/mol. The van der Waals surface area contributed by atoms with Crippen LogP contribution in [-0.4, -0.2) is 61.9 Å². The second-order valence-electron chi connectivity index (χ2n) is 7.53. The zero-order chi connectivity index (χ0) is 23.1. The molecule has 0 aliphatic rings. The van der Waals surface area contributed by atoms with E-state index in [-0.39, 0.29) is 11.6 Å². The van der Waals surface area contributed by atoms with E-state index >= 15 is 0 Å². The van der Waals surface area contributed by atoms with Gasteiger partial charge in [-0.15, -0.1) is 0 Å². The van der Waals surface area contributed by atoms with Crippen molar-refractivity contribution in [1.29, 1.82) is 0 Å². The van der Waals surface area contributed by atoms with E-state index in [0.29, 0.717) is 23.8 Å². The highest BCUT2D eigenvalue weighted by atomic mass is 16.6. The first-order valence-corrected chi connectivity index (χ1v) is 10.2. The number of hydrogen-bond donors (Lipinski definition) is 0. The Hall–Kier alpha value is -3.78. The number of aliphatic imine (C=N–C) groups is 1. The van der Waals surface area contributed by atoms with Gasteiger partial charge in [0.2, 0.25) is 0 Å². The average molecular weight is 434 g/mol. The van der Waals surface area contributed by atoms with Crippen molar-refractivity contribution >= 4 is 22.9 Å². The minimum Gasteiger partial charge on any atom is -0.476 e. The number of rotatable bonds is 9. The van der Waals surface area contributed by atoms with Gasteiger partial charge in [-0.05, 0) is 14.1 Å². The molecule has 0 bridgehead atoms. The lowest BCUT2D eigenvalue weighted by molar-refractivity contribution is -0.386. The third kappa shape index (κ3) is 5.47. The van der Waals surface area contributed by atoms with E-state index in [1.807, 2.05) is 86.7 Å². The molecule has 3 aromatic rings. The summed E-state index contributed by atoms with van der Waals surface area (Å²) in [7, 11) is 7.24. The molecule has 0 N–H and O–H groups in total. The molecule has 0 aliphatic carbocycles. The Bertz CT molecular complexity index is 1040. The summed E-state index contributed by atoms with van der Waals surface area (Å²) in [5.41, 5.74) is 2.69. The maximum Gasteiger partial charge on any atom is 0.333 e. The molecule has 0 saturated carbocycles. The van der Waals surface area contributed by atoms with Crippen LogP contribution in [0.5, 0.6) is 5.88 Å². The molecule has 0 aliphatic heterocycles. The van der Waals surface area contributed by atoms with Gasteiger partial charge in [-0.25, -0.2) is 4.99 Å². The van der Waals surface area contributed by atoms with Gasteiger partial charge in [0.05, 0.1) is 23.8 Å².